The van der Waals surface area contributed by atoms with Gasteiger partial charge in [0.25, 0.3) is 0 Å². The van der Waals surface area contributed by atoms with E-state index >= 15 is 0 Å². The summed E-state index contributed by atoms with van der Waals surface area (Å²) in [5, 5.41) is 0. The minimum absolute atomic E-state index is 1.01. The molecule has 0 saturated heterocycles. The highest BCUT2D eigenvalue weighted by atomic mass is 14.1. The van der Waals surface area contributed by atoms with Crippen LogP contribution in [-0.4, -0.2) is 0 Å². The van der Waals surface area contributed by atoms with Gasteiger partial charge >= 0.3 is 0 Å². The van der Waals surface area contributed by atoms with Gasteiger partial charge in [-0.3, -0.25) is 0 Å². The predicted molar refractivity (Wildman–Crippen MR) is 122 cm³/mol. The minimum Gasteiger partial charge on any atom is -0.103 e. The van der Waals surface area contributed by atoms with Crippen LogP contribution in [0, 0.1) is 5.92 Å². The number of unbranched alkanes of at least 4 members (excludes halogenated alkanes) is 14. The molecule has 0 spiro atoms. The molecule has 0 aliphatic carbocycles. The van der Waals surface area contributed by atoms with Crippen LogP contribution in [0.3, 0.4) is 0 Å². The Labute approximate surface area is 166 Å². The Morgan fingerprint density at radius 2 is 0.846 bits per heavy atom. The van der Waals surface area contributed by atoms with Crippen molar-refractivity contribution in [3.8, 4) is 0 Å². The highest BCUT2D eigenvalue weighted by molar-refractivity contribution is 4.66. The van der Waals surface area contributed by atoms with Crippen molar-refractivity contribution in [2.75, 3.05) is 0 Å². The van der Waals surface area contributed by atoms with Crippen molar-refractivity contribution >= 4 is 0 Å². The van der Waals surface area contributed by atoms with Gasteiger partial charge in [-0.15, -0.1) is 13.2 Å². The summed E-state index contributed by atoms with van der Waals surface area (Å²) in [5.41, 5.74) is 0. The van der Waals surface area contributed by atoms with Crippen LogP contribution in [0.1, 0.15) is 135 Å². The lowest BCUT2D eigenvalue weighted by atomic mass is 9.90. The van der Waals surface area contributed by atoms with Gasteiger partial charge in [-0.25, -0.2) is 0 Å². The molecule has 0 bridgehead atoms. The summed E-state index contributed by atoms with van der Waals surface area (Å²) in [5.74, 6) is 1.01. The molecule has 0 nitrogen and oxygen atoms in total. The van der Waals surface area contributed by atoms with Gasteiger partial charge in [0.15, 0.2) is 0 Å². The highest BCUT2D eigenvalue weighted by Gasteiger charge is 2.07. The van der Waals surface area contributed by atoms with Crippen LogP contribution >= 0.6 is 0 Å². The summed E-state index contributed by atoms with van der Waals surface area (Å²) in [6.07, 6.45) is 32.4. The Hall–Kier alpha value is -0.520. The smallest absolute Gasteiger partial charge is 0.0353 e. The molecule has 0 aromatic heterocycles. The van der Waals surface area contributed by atoms with Crippen molar-refractivity contribution in [2.24, 2.45) is 5.92 Å². The molecule has 0 rings (SSSR count). The Morgan fingerprint density at radius 1 is 0.500 bits per heavy atom. The fourth-order valence-corrected chi connectivity index (χ4v) is 4.05. The third kappa shape index (κ3) is 19.8. The molecule has 0 N–H and O–H groups in total. The van der Waals surface area contributed by atoms with Crippen LogP contribution in [-0.2, 0) is 0 Å². The zero-order valence-electron chi connectivity index (χ0n) is 18.3. The first-order chi connectivity index (χ1) is 12.8. The fraction of sp³-hybridized carbons (Fsp3) is 0.846. The number of allylic oxidation sites excluding steroid dienone is 2. The van der Waals surface area contributed by atoms with Gasteiger partial charge < -0.3 is 0 Å². The second-order valence-corrected chi connectivity index (χ2v) is 8.34. The molecule has 26 heavy (non-hydrogen) atoms. The summed E-state index contributed by atoms with van der Waals surface area (Å²) in [4.78, 5) is 0. The van der Waals surface area contributed by atoms with Gasteiger partial charge in [-0.05, 0) is 31.6 Å². The van der Waals surface area contributed by atoms with Crippen molar-refractivity contribution in [3.63, 3.8) is 0 Å². The van der Waals surface area contributed by atoms with Crippen LogP contribution in [0.25, 0.3) is 0 Å². The topological polar surface area (TPSA) is 0 Å². The molecule has 0 heteroatoms. The van der Waals surface area contributed by atoms with Gasteiger partial charge in [0.05, 0.1) is 0 Å². The molecule has 0 aliphatic rings. The first-order valence-electron chi connectivity index (χ1n) is 12.1. The van der Waals surface area contributed by atoms with Crippen LogP contribution in [0.5, 0.6) is 0 Å². The highest BCUT2D eigenvalue weighted by Crippen LogP contribution is 2.23. The van der Waals surface area contributed by atoms with Gasteiger partial charge in [0.1, 0.15) is 0 Å². The molecule has 0 fully saturated rings. The zero-order valence-corrected chi connectivity index (χ0v) is 18.3. The maximum absolute atomic E-state index is 3.80. The van der Waals surface area contributed by atoms with Gasteiger partial charge in [-0.1, -0.05) is 122 Å². The Bertz CT molecular complexity index is 252. The monoisotopic (exact) mass is 362 g/mol. The largest absolute Gasteiger partial charge is 0.103 e. The SMILES string of the molecule is C=CCCCCCCCCCC(CCC)CCCCCCCCCC=C. The maximum atomic E-state index is 3.80. The van der Waals surface area contributed by atoms with Crippen molar-refractivity contribution in [2.45, 2.75) is 135 Å². The second-order valence-electron chi connectivity index (χ2n) is 8.34. The van der Waals surface area contributed by atoms with E-state index < -0.39 is 0 Å². The van der Waals surface area contributed by atoms with Crippen molar-refractivity contribution < 1.29 is 0 Å². The van der Waals surface area contributed by atoms with Gasteiger partial charge in [0, 0.05) is 0 Å². The van der Waals surface area contributed by atoms with Gasteiger partial charge in [-0.2, -0.15) is 0 Å². The average molecular weight is 363 g/mol. The Kier molecular flexibility index (Phi) is 22.1. The Morgan fingerprint density at radius 3 is 1.19 bits per heavy atom. The van der Waals surface area contributed by atoms with Crippen LogP contribution in [0.15, 0.2) is 25.3 Å². The summed E-state index contributed by atoms with van der Waals surface area (Å²) in [7, 11) is 0. The molecule has 0 aliphatic heterocycles. The lowest BCUT2D eigenvalue weighted by Gasteiger charge is -2.16. The molecular formula is C26H50. The lowest BCUT2D eigenvalue weighted by molar-refractivity contribution is 0.377. The van der Waals surface area contributed by atoms with E-state index in [4.69, 9.17) is 0 Å². The number of hydrogen-bond donors (Lipinski definition) is 0. The fourth-order valence-electron chi connectivity index (χ4n) is 4.05. The van der Waals surface area contributed by atoms with Crippen LogP contribution < -0.4 is 0 Å². The molecular weight excluding hydrogens is 312 g/mol. The summed E-state index contributed by atoms with van der Waals surface area (Å²) in [6, 6.07) is 0. The normalized spacial score (nSPS) is 11.2. The summed E-state index contributed by atoms with van der Waals surface area (Å²) >= 11 is 0. The quantitative estimate of drug-likeness (QED) is 0.133. The van der Waals surface area contributed by atoms with E-state index in [-0.39, 0.29) is 0 Å². The first-order valence-corrected chi connectivity index (χ1v) is 12.1. The minimum atomic E-state index is 1.01. The van der Waals surface area contributed by atoms with E-state index in [1.807, 2.05) is 0 Å². The molecule has 0 amide bonds. The average Bonchev–Trinajstić information content (AvgIpc) is 2.65. The van der Waals surface area contributed by atoms with Crippen molar-refractivity contribution in [3.05, 3.63) is 25.3 Å². The van der Waals surface area contributed by atoms with E-state index in [9.17, 15) is 0 Å². The maximum Gasteiger partial charge on any atom is -0.0353 e. The zero-order chi connectivity index (χ0) is 19.1. The molecule has 0 aromatic carbocycles. The molecule has 0 atom stereocenters. The number of rotatable bonds is 22. The molecule has 0 saturated carbocycles. The van der Waals surface area contributed by atoms with Gasteiger partial charge in [0.2, 0.25) is 0 Å². The molecule has 0 radical (unpaired) electrons. The van der Waals surface area contributed by atoms with E-state index in [1.54, 1.807) is 0 Å². The molecule has 0 aromatic rings. The first kappa shape index (κ1) is 25.5. The van der Waals surface area contributed by atoms with E-state index in [1.165, 1.54) is 128 Å². The van der Waals surface area contributed by atoms with E-state index in [2.05, 4.69) is 32.2 Å². The predicted octanol–water partition coefficient (Wildman–Crippen LogP) is 9.80. The number of hydrogen-bond acceptors (Lipinski definition) is 0. The third-order valence-corrected chi connectivity index (χ3v) is 5.74. The molecule has 0 heterocycles. The molecule has 0 unspecified atom stereocenters. The van der Waals surface area contributed by atoms with E-state index in [0.717, 1.165) is 5.92 Å². The third-order valence-electron chi connectivity index (χ3n) is 5.74. The standard InChI is InChI=1S/C26H50/c1-4-7-9-11-13-15-17-19-21-24-26(23-6-3)25-22-20-18-16-14-12-10-8-5-2/h4-5,26H,1-2,6-25H2,3H3. The van der Waals surface area contributed by atoms with Crippen molar-refractivity contribution in [1.82, 2.24) is 0 Å². The van der Waals surface area contributed by atoms with Crippen molar-refractivity contribution in [1.29, 1.82) is 0 Å². The molecule has 154 valence electrons. The lowest BCUT2D eigenvalue weighted by Crippen LogP contribution is -2.00. The second kappa shape index (κ2) is 22.5. The van der Waals surface area contributed by atoms with Crippen LogP contribution in [0.4, 0.5) is 0 Å². The summed E-state index contributed by atoms with van der Waals surface area (Å²) < 4.78 is 0. The Balaban J connectivity index is 3.44. The summed E-state index contributed by atoms with van der Waals surface area (Å²) in [6.45, 7) is 9.95. The van der Waals surface area contributed by atoms with E-state index in [0.29, 0.717) is 0 Å². The van der Waals surface area contributed by atoms with Crippen LogP contribution in [0.2, 0.25) is 0 Å².